The van der Waals surface area contributed by atoms with Gasteiger partial charge in [0.05, 0.1) is 13.2 Å². The van der Waals surface area contributed by atoms with E-state index in [4.69, 9.17) is 9.47 Å². The Hall–Kier alpha value is -1.10. The zero-order valence-electron chi connectivity index (χ0n) is 13.3. The predicted molar refractivity (Wildman–Crippen MR) is 87.0 cm³/mol. The van der Waals surface area contributed by atoms with Crippen LogP contribution in [-0.2, 0) is 9.47 Å². The molecule has 1 atom stereocenters. The van der Waals surface area contributed by atoms with Gasteiger partial charge >= 0.3 is 0 Å². The fourth-order valence-electron chi connectivity index (χ4n) is 2.92. The zero-order valence-corrected chi connectivity index (χ0v) is 13.3. The molecule has 1 heterocycles. The van der Waals surface area contributed by atoms with Gasteiger partial charge in [0.2, 0.25) is 0 Å². The van der Waals surface area contributed by atoms with E-state index in [2.05, 4.69) is 41.4 Å². The lowest BCUT2D eigenvalue weighted by Gasteiger charge is -2.36. The molecule has 1 aromatic rings. The highest BCUT2D eigenvalue weighted by atomic mass is 16.5. The first-order valence-corrected chi connectivity index (χ1v) is 8.00. The van der Waals surface area contributed by atoms with Crippen molar-refractivity contribution >= 4 is 5.69 Å². The minimum atomic E-state index is 0.500. The molecular weight excluding hydrogens is 264 g/mol. The molecule has 0 bridgehead atoms. The van der Waals surface area contributed by atoms with Crippen LogP contribution in [0, 0.1) is 0 Å². The third kappa shape index (κ3) is 4.70. The molecule has 1 unspecified atom stereocenters. The van der Waals surface area contributed by atoms with Gasteiger partial charge in [-0.25, -0.2) is 0 Å². The fraction of sp³-hybridized carbons (Fsp3) is 0.647. The Morgan fingerprint density at radius 2 is 2.10 bits per heavy atom. The summed E-state index contributed by atoms with van der Waals surface area (Å²) in [5, 5.41) is 3.59. The number of ether oxygens (including phenoxy) is 2. The molecule has 2 rings (SSSR count). The molecule has 1 aromatic carbocycles. The van der Waals surface area contributed by atoms with Gasteiger partial charge in [-0.3, -0.25) is 0 Å². The van der Waals surface area contributed by atoms with E-state index >= 15 is 0 Å². The molecule has 0 saturated carbocycles. The number of benzene rings is 1. The predicted octanol–water partition coefficient (Wildman–Crippen LogP) is 2.60. The Morgan fingerprint density at radius 1 is 1.24 bits per heavy atom. The van der Waals surface area contributed by atoms with Gasteiger partial charge in [0, 0.05) is 38.5 Å². The van der Waals surface area contributed by atoms with Gasteiger partial charge in [-0.2, -0.15) is 0 Å². The summed E-state index contributed by atoms with van der Waals surface area (Å²) in [6.45, 7) is 7.54. The number of rotatable bonds is 9. The van der Waals surface area contributed by atoms with Gasteiger partial charge in [0.25, 0.3) is 0 Å². The molecule has 0 fully saturated rings. The first-order valence-electron chi connectivity index (χ1n) is 8.00. The van der Waals surface area contributed by atoms with Gasteiger partial charge in [0.15, 0.2) is 0 Å². The maximum absolute atomic E-state index is 5.55. The molecular formula is C17H28N2O2. The lowest BCUT2D eigenvalue weighted by atomic mass is 9.96. The Morgan fingerprint density at radius 3 is 2.90 bits per heavy atom. The van der Waals surface area contributed by atoms with E-state index in [1.807, 2.05) is 0 Å². The Bertz CT molecular complexity index is 412. The van der Waals surface area contributed by atoms with Crippen LogP contribution >= 0.6 is 0 Å². The summed E-state index contributed by atoms with van der Waals surface area (Å²) in [4.78, 5) is 2.49. The highest BCUT2D eigenvalue weighted by molar-refractivity contribution is 5.56. The minimum Gasteiger partial charge on any atom is -0.382 e. The summed E-state index contributed by atoms with van der Waals surface area (Å²) < 4.78 is 10.5. The Kier molecular flexibility index (Phi) is 7.00. The molecule has 1 aliphatic heterocycles. The smallest absolute Gasteiger partial charge is 0.0700 e. The van der Waals surface area contributed by atoms with Crippen LogP contribution in [0.2, 0.25) is 0 Å². The van der Waals surface area contributed by atoms with Crippen LogP contribution in [0.1, 0.15) is 31.4 Å². The van der Waals surface area contributed by atoms with Gasteiger partial charge in [0.1, 0.15) is 0 Å². The number of methoxy groups -OCH3 is 1. The lowest BCUT2D eigenvalue weighted by Crippen LogP contribution is -2.36. The molecule has 21 heavy (non-hydrogen) atoms. The van der Waals surface area contributed by atoms with E-state index < -0.39 is 0 Å². The molecule has 0 saturated heterocycles. The van der Waals surface area contributed by atoms with Crippen molar-refractivity contribution in [2.45, 2.75) is 25.8 Å². The highest BCUT2D eigenvalue weighted by Crippen LogP contribution is 2.33. The van der Waals surface area contributed by atoms with Crippen molar-refractivity contribution in [3.63, 3.8) is 0 Å². The standard InChI is InChI=1S/C17H28N2O2/c1-3-18-16-9-11-19(10-6-12-21-14-13-20-2)17-8-5-4-7-15(16)17/h4-5,7-8,16,18H,3,6,9-14H2,1-2H3. The molecule has 4 heteroatoms. The third-order valence-corrected chi connectivity index (χ3v) is 3.94. The van der Waals surface area contributed by atoms with Gasteiger partial charge in [-0.05, 0) is 31.0 Å². The van der Waals surface area contributed by atoms with E-state index in [1.165, 1.54) is 17.7 Å². The van der Waals surface area contributed by atoms with E-state index in [-0.39, 0.29) is 0 Å². The number of para-hydroxylation sites is 1. The Labute approximate surface area is 128 Å². The average Bonchev–Trinajstić information content (AvgIpc) is 2.52. The monoisotopic (exact) mass is 292 g/mol. The van der Waals surface area contributed by atoms with Crippen LogP contribution in [0.4, 0.5) is 5.69 Å². The topological polar surface area (TPSA) is 33.7 Å². The largest absolute Gasteiger partial charge is 0.382 e. The van der Waals surface area contributed by atoms with E-state index in [1.54, 1.807) is 7.11 Å². The summed E-state index contributed by atoms with van der Waals surface area (Å²) in [6, 6.07) is 9.27. The van der Waals surface area contributed by atoms with E-state index in [0.717, 1.165) is 32.7 Å². The second-order valence-corrected chi connectivity index (χ2v) is 5.40. The summed E-state index contributed by atoms with van der Waals surface area (Å²) in [7, 11) is 1.70. The van der Waals surface area contributed by atoms with Crippen LogP contribution in [0.15, 0.2) is 24.3 Å². The minimum absolute atomic E-state index is 0.500. The second kappa shape index (κ2) is 9.03. The number of hydrogen-bond donors (Lipinski definition) is 1. The van der Waals surface area contributed by atoms with Crippen LogP contribution in [0.5, 0.6) is 0 Å². The first kappa shape index (κ1) is 16.3. The van der Waals surface area contributed by atoms with Gasteiger partial charge in [-0.15, -0.1) is 0 Å². The van der Waals surface area contributed by atoms with Gasteiger partial charge < -0.3 is 19.7 Å². The average molecular weight is 292 g/mol. The summed E-state index contributed by atoms with van der Waals surface area (Å²) in [5.74, 6) is 0. The van der Waals surface area contributed by atoms with Crippen LogP contribution in [0.3, 0.4) is 0 Å². The summed E-state index contributed by atoms with van der Waals surface area (Å²) in [6.07, 6.45) is 2.24. The zero-order chi connectivity index (χ0) is 14.9. The summed E-state index contributed by atoms with van der Waals surface area (Å²) in [5.41, 5.74) is 2.82. The number of nitrogens with zero attached hydrogens (tertiary/aromatic N) is 1. The molecule has 4 nitrogen and oxygen atoms in total. The molecule has 0 radical (unpaired) electrons. The quantitative estimate of drug-likeness (QED) is 0.709. The molecule has 0 aromatic heterocycles. The van der Waals surface area contributed by atoms with E-state index in [9.17, 15) is 0 Å². The third-order valence-electron chi connectivity index (χ3n) is 3.94. The van der Waals surface area contributed by atoms with Crippen LogP contribution in [-0.4, -0.2) is 46.6 Å². The maximum atomic E-state index is 5.55. The number of nitrogens with one attached hydrogen (secondary N) is 1. The van der Waals surface area contributed by atoms with Crippen LogP contribution in [0.25, 0.3) is 0 Å². The van der Waals surface area contributed by atoms with Crippen molar-refractivity contribution in [3.05, 3.63) is 29.8 Å². The lowest BCUT2D eigenvalue weighted by molar-refractivity contribution is 0.0700. The second-order valence-electron chi connectivity index (χ2n) is 5.40. The van der Waals surface area contributed by atoms with Crippen molar-refractivity contribution in [2.75, 3.05) is 51.5 Å². The molecule has 1 aliphatic rings. The van der Waals surface area contributed by atoms with Crippen molar-refractivity contribution < 1.29 is 9.47 Å². The molecule has 0 aliphatic carbocycles. The number of hydrogen-bond acceptors (Lipinski definition) is 4. The van der Waals surface area contributed by atoms with Crippen molar-refractivity contribution in [1.29, 1.82) is 0 Å². The molecule has 1 N–H and O–H groups in total. The van der Waals surface area contributed by atoms with Crippen molar-refractivity contribution in [2.24, 2.45) is 0 Å². The molecule has 118 valence electrons. The first-order chi connectivity index (χ1) is 10.4. The SMILES string of the molecule is CCNC1CCN(CCCOCCOC)c2ccccc21. The fourth-order valence-corrected chi connectivity index (χ4v) is 2.92. The number of anilines is 1. The highest BCUT2D eigenvalue weighted by Gasteiger charge is 2.23. The van der Waals surface area contributed by atoms with Crippen molar-refractivity contribution in [1.82, 2.24) is 5.32 Å². The van der Waals surface area contributed by atoms with Gasteiger partial charge in [-0.1, -0.05) is 25.1 Å². The number of fused-ring (bicyclic) bond motifs is 1. The summed E-state index contributed by atoms with van der Waals surface area (Å²) >= 11 is 0. The molecule has 0 amide bonds. The normalized spacial score (nSPS) is 17.8. The Balaban J connectivity index is 1.85. The van der Waals surface area contributed by atoms with E-state index in [0.29, 0.717) is 19.3 Å². The van der Waals surface area contributed by atoms with Crippen LogP contribution < -0.4 is 10.2 Å². The molecule has 0 spiro atoms. The van der Waals surface area contributed by atoms with Crippen molar-refractivity contribution in [3.8, 4) is 0 Å². The maximum Gasteiger partial charge on any atom is 0.0700 e.